The molecule has 0 atom stereocenters. The Bertz CT molecular complexity index is 438. The first-order valence-electron chi connectivity index (χ1n) is 6.71. The van der Waals surface area contributed by atoms with Crippen LogP contribution in [0.3, 0.4) is 0 Å². The number of benzene rings is 1. The fourth-order valence-electron chi connectivity index (χ4n) is 1.68. The van der Waals surface area contributed by atoms with Crippen molar-refractivity contribution in [2.24, 2.45) is 5.92 Å². The Morgan fingerprint density at radius 3 is 2.80 bits per heavy atom. The molecule has 0 spiro atoms. The van der Waals surface area contributed by atoms with Crippen molar-refractivity contribution in [3.05, 3.63) is 33.9 Å². The highest BCUT2D eigenvalue weighted by Gasteiger charge is 2.15. The molecule has 5 nitrogen and oxygen atoms in total. The Morgan fingerprint density at radius 1 is 1.45 bits per heavy atom. The number of nitro benzene ring substituents is 1. The van der Waals surface area contributed by atoms with E-state index in [1.807, 2.05) is 0 Å². The number of alkyl halides is 1. The van der Waals surface area contributed by atoms with E-state index in [0.717, 1.165) is 12.1 Å². The van der Waals surface area contributed by atoms with Crippen molar-refractivity contribution in [2.75, 3.05) is 19.8 Å². The largest absolute Gasteiger partial charge is 0.487 e. The number of hydrogen-bond acceptors (Lipinski definition) is 4. The summed E-state index contributed by atoms with van der Waals surface area (Å²) < 4.78 is 17.4. The minimum atomic E-state index is -0.497. The van der Waals surface area contributed by atoms with Gasteiger partial charge >= 0.3 is 5.69 Å². The molecular weight excluding hydrogens is 263 g/mol. The lowest BCUT2D eigenvalue weighted by Crippen LogP contribution is -2.19. The third kappa shape index (κ3) is 5.52. The van der Waals surface area contributed by atoms with Crippen molar-refractivity contribution >= 4 is 5.69 Å². The Labute approximate surface area is 118 Å². The zero-order valence-electron chi connectivity index (χ0n) is 11.9. The van der Waals surface area contributed by atoms with Crippen LogP contribution in [0.25, 0.3) is 0 Å². The number of halogens is 1. The summed E-state index contributed by atoms with van der Waals surface area (Å²) >= 11 is 0. The Morgan fingerprint density at radius 2 is 2.20 bits per heavy atom. The molecule has 0 bridgehead atoms. The molecule has 0 fully saturated rings. The molecule has 0 saturated heterocycles. The van der Waals surface area contributed by atoms with E-state index < -0.39 is 11.6 Å². The first-order chi connectivity index (χ1) is 9.54. The van der Waals surface area contributed by atoms with Gasteiger partial charge in [0.15, 0.2) is 5.75 Å². The van der Waals surface area contributed by atoms with Crippen molar-refractivity contribution in [2.45, 2.75) is 26.8 Å². The summed E-state index contributed by atoms with van der Waals surface area (Å²) in [6, 6.07) is 4.77. The third-order valence-electron chi connectivity index (χ3n) is 2.64. The van der Waals surface area contributed by atoms with Crippen molar-refractivity contribution in [3.8, 4) is 5.75 Å². The lowest BCUT2D eigenvalue weighted by atomic mass is 10.1. The van der Waals surface area contributed by atoms with Gasteiger partial charge in [-0.25, -0.2) is 0 Å². The number of hydrogen-bond donors (Lipinski definition) is 1. The van der Waals surface area contributed by atoms with Gasteiger partial charge in [0.2, 0.25) is 0 Å². The number of ether oxygens (including phenoxy) is 1. The maximum atomic E-state index is 12.1. The van der Waals surface area contributed by atoms with Crippen molar-refractivity contribution < 1.29 is 14.1 Å². The van der Waals surface area contributed by atoms with Crippen LogP contribution < -0.4 is 10.1 Å². The van der Waals surface area contributed by atoms with E-state index in [1.54, 1.807) is 12.1 Å². The molecule has 112 valence electrons. The molecule has 6 heteroatoms. The molecule has 0 aliphatic rings. The highest BCUT2D eigenvalue weighted by Crippen LogP contribution is 2.28. The van der Waals surface area contributed by atoms with Crippen molar-refractivity contribution in [1.82, 2.24) is 5.32 Å². The average Bonchev–Trinajstić information content (AvgIpc) is 2.38. The summed E-state index contributed by atoms with van der Waals surface area (Å²) in [5.41, 5.74) is 0.822. The van der Waals surface area contributed by atoms with Gasteiger partial charge in [0.1, 0.15) is 0 Å². The lowest BCUT2D eigenvalue weighted by Gasteiger charge is -2.10. The molecule has 0 aliphatic heterocycles. The molecule has 0 heterocycles. The molecule has 0 saturated carbocycles. The number of rotatable bonds is 9. The molecule has 0 aromatic heterocycles. The first kappa shape index (κ1) is 16.4. The second-order valence-electron chi connectivity index (χ2n) is 4.97. The van der Waals surface area contributed by atoms with Crippen molar-refractivity contribution in [1.29, 1.82) is 0 Å². The van der Waals surface area contributed by atoms with Gasteiger partial charge in [-0.3, -0.25) is 14.5 Å². The maximum absolute atomic E-state index is 12.1. The SMILES string of the molecule is CC(C)CNCc1ccc([N+](=O)[O-])c(OCCCF)c1. The number of nitro groups is 1. The van der Waals surface area contributed by atoms with Gasteiger partial charge in [-0.05, 0) is 24.1 Å². The Kier molecular flexibility index (Phi) is 6.93. The van der Waals surface area contributed by atoms with E-state index in [4.69, 9.17) is 4.74 Å². The zero-order chi connectivity index (χ0) is 15.0. The molecule has 0 amide bonds. The monoisotopic (exact) mass is 284 g/mol. The van der Waals surface area contributed by atoms with Crippen LogP contribution in [0.15, 0.2) is 18.2 Å². The molecular formula is C14H21FN2O3. The minimum Gasteiger partial charge on any atom is -0.487 e. The van der Waals surface area contributed by atoms with Crippen LogP contribution >= 0.6 is 0 Å². The maximum Gasteiger partial charge on any atom is 0.310 e. The van der Waals surface area contributed by atoms with Gasteiger partial charge < -0.3 is 10.1 Å². The predicted molar refractivity (Wildman–Crippen MR) is 75.7 cm³/mol. The van der Waals surface area contributed by atoms with Gasteiger partial charge in [-0.2, -0.15) is 0 Å². The number of nitrogens with one attached hydrogen (secondary N) is 1. The van der Waals surface area contributed by atoms with E-state index in [9.17, 15) is 14.5 Å². The predicted octanol–water partition coefficient (Wildman–Crippen LogP) is 3.08. The zero-order valence-corrected chi connectivity index (χ0v) is 11.9. The van der Waals surface area contributed by atoms with Crippen molar-refractivity contribution in [3.63, 3.8) is 0 Å². The smallest absolute Gasteiger partial charge is 0.310 e. The summed E-state index contributed by atoms with van der Waals surface area (Å²) in [6.45, 7) is 5.34. The van der Waals surface area contributed by atoms with E-state index >= 15 is 0 Å². The van der Waals surface area contributed by atoms with Crippen LogP contribution in [-0.4, -0.2) is 24.7 Å². The second kappa shape index (κ2) is 8.47. The second-order valence-corrected chi connectivity index (χ2v) is 4.97. The Hall–Kier alpha value is -1.69. The highest BCUT2D eigenvalue weighted by molar-refractivity contribution is 5.48. The topological polar surface area (TPSA) is 64.4 Å². The molecule has 0 radical (unpaired) electrons. The summed E-state index contributed by atoms with van der Waals surface area (Å²) in [6.07, 6.45) is 0.229. The fraction of sp³-hybridized carbons (Fsp3) is 0.571. The minimum absolute atomic E-state index is 0.0866. The van der Waals surface area contributed by atoms with Crippen LogP contribution in [0.5, 0.6) is 5.75 Å². The normalized spacial score (nSPS) is 10.8. The molecule has 1 rings (SSSR count). The van der Waals surface area contributed by atoms with Gasteiger partial charge in [-0.1, -0.05) is 19.9 Å². The van der Waals surface area contributed by atoms with E-state index in [2.05, 4.69) is 19.2 Å². The molecule has 0 aliphatic carbocycles. The summed E-state index contributed by atoms with van der Waals surface area (Å²) in [4.78, 5) is 10.4. The standard InChI is InChI=1S/C14H21FN2O3/c1-11(2)9-16-10-12-4-5-13(17(18)19)14(8-12)20-7-3-6-15/h4-5,8,11,16H,3,6-7,9-10H2,1-2H3. The molecule has 1 aromatic rings. The van der Waals surface area contributed by atoms with Crippen LogP contribution in [0.2, 0.25) is 0 Å². The van der Waals surface area contributed by atoms with Gasteiger partial charge in [-0.15, -0.1) is 0 Å². The van der Waals surface area contributed by atoms with E-state index in [-0.39, 0.29) is 24.5 Å². The summed E-state index contributed by atoms with van der Waals surface area (Å²) in [5, 5.41) is 14.2. The van der Waals surface area contributed by atoms with Crippen LogP contribution in [0, 0.1) is 16.0 Å². The summed E-state index contributed by atoms with van der Waals surface area (Å²) in [5.74, 6) is 0.737. The average molecular weight is 284 g/mol. The molecule has 1 N–H and O–H groups in total. The summed E-state index contributed by atoms with van der Waals surface area (Å²) in [7, 11) is 0. The van der Waals surface area contributed by atoms with Gasteiger partial charge in [0, 0.05) is 19.0 Å². The molecule has 0 unspecified atom stereocenters. The van der Waals surface area contributed by atoms with E-state index in [0.29, 0.717) is 12.5 Å². The van der Waals surface area contributed by atoms with Gasteiger partial charge in [0.25, 0.3) is 0 Å². The molecule has 1 aromatic carbocycles. The van der Waals surface area contributed by atoms with Gasteiger partial charge in [0.05, 0.1) is 18.2 Å². The van der Waals surface area contributed by atoms with Crippen LogP contribution in [0.1, 0.15) is 25.8 Å². The molecule has 20 heavy (non-hydrogen) atoms. The van der Waals surface area contributed by atoms with E-state index in [1.165, 1.54) is 6.07 Å². The van der Waals surface area contributed by atoms with Crippen LogP contribution in [-0.2, 0) is 6.54 Å². The lowest BCUT2D eigenvalue weighted by molar-refractivity contribution is -0.385. The third-order valence-corrected chi connectivity index (χ3v) is 2.64. The quantitative estimate of drug-likeness (QED) is 0.430. The Balaban J connectivity index is 2.73. The number of nitrogens with zero attached hydrogens (tertiary/aromatic N) is 1. The fourth-order valence-corrected chi connectivity index (χ4v) is 1.68. The highest BCUT2D eigenvalue weighted by atomic mass is 19.1. The first-order valence-corrected chi connectivity index (χ1v) is 6.71. The van der Waals surface area contributed by atoms with Crippen LogP contribution in [0.4, 0.5) is 10.1 Å².